The molecule has 0 spiro atoms. The Kier molecular flexibility index (Phi) is 6.18. The molecule has 2 heterocycles. The van der Waals surface area contributed by atoms with Gasteiger partial charge in [0.2, 0.25) is 0 Å². The first-order valence-corrected chi connectivity index (χ1v) is 12.9. The van der Waals surface area contributed by atoms with Gasteiger partial charge < -0.3 is 24.4 Å². The second-order valence-electron chi connectivity index (χ2n) is 9.79. The molecule has 0 amide bonds. The van der Waals surface area contributed by atoms with Gasteiger partial charge in [0, 0.05) is 42.2 Å². The summed E-state index contributed by atoms with van der Waals surface area (Å²) < 4.78 is 18.2. The van der Waals surface area contributed by atoms with Crippen LogP contribution in [0.3, 0.4) is 0 Å². The highest BCUT2D eigenvalue weighted by Gasteiger charge is 2.72. The molecule has 6 nitrogen and oxygen atoms in total. The Balaban J connectivity index is 1.36. The van der Waals surface area contributed by atoms with Crippen LogP contribution >= 0.6 is 11.6 Å². The second kappa shape index (κ2) is 9.36. The summed E-state index contributed by atoms with van der Waals surface area (Å²) in [4.78, 5) is 2.32. The van der Waals surface area contributed by atoms with Gasteiger partial charge >= 0.3 is 0 Å². The Morgan fingerprint density at radius 3 is 2.50 bits per heavy atom. The highest BCUT2D eigenvalue weighted by Crippen LogP contribution is 2.66. The minimum atomic E-state index is -1.64. The third-order valence-electron chi connectivity index (χ3n) is 7.89. The Hall–Kier alpha value is -2.61. The van der Waals surface area contributed by atoms with Gasteiger partial charge in [-0.2, -0.15) is 0 Å². The average molecular weight is 508 g/mol. The maximum Gasteiger partial charge on any atom is 0.176 e. The molecular formula is C29H30ClNO5. The van der Waals surface area contributed by atoms with Gasteiger partial charge in [-0.1, -0.05) is 54.1 Å². The summed E-state index contributed by atoms with van der Waals surface area (Å²) in [6, 6.07) is 22.8. The molecule has 3 aromatic rings. The summed E-state index contributed by atoms with van der Waals surface area (Å²) in [6.07, 6.45) is -0.659. The number of ether oxygens (including phenoxy) is 3. The summed E-state index contributed by atoms with van der Waals surface area (Å²) >= 11 is 6.21. The molecule has 1 aliphatic carbocycles. The molecule has 188 valence electrons. The lowest BCUT2D eigenvalue weighted by atomic mass is 9.71. The van der Waals surface area contributed by atoms with Gasteiger partial charge in [-0.3, -0.25) is 4.90 Å². The van der Waals surface area contributed by atoms with E-state index in [1.54, 1.807) is 12.1 Å². The molecule has 7 heteroatoms. The van der Waals surface area contributed by atoms with Gasteiger partial charge in [0.15, 0.2) is 11.2 Å². The molecule has 1 saturated carbocycles. The number of hydrogen-bond donors (Lipinski definition) is 2. The van der Waals surface area contributed by atoms with E-state index in [9.17, 15) is 10.2 Å². The second-order valence-corrected chi connectivity index (χ2v) is 10.2. The van der Waals surface area contributed by atoms with Crippen molar-refractivity contribution in [2.24, 2.45) is 0 Å². The maximum absolute atomic E-state index is 12.3. The lowest BCUT2D eigenvalue weighted by Gasteiger charge is -2.40. The predicted octanol–water partition coefficient (Wildman–Crippen LogP) is 4.07. The lowest BCUT2D eigenvalue weighted by Crippen LogP contribution is -2.51. The highest BCUT2D eigenvalue weighted by molar-refractivity contribution is 6.30. The van der Waals surface area contributed by atoms with Crippen molar-refractivity contribution in [3.05, 3.63) is 94.5 Å². The number of aliphatic hydroxyl groups is 2. The van der Waals surface area contributed by atoms with Gasteiger partial charge in [-0.05, 0) is 41.8 Å². The van der Waals surface area contributed by atoms with E-state index in [0.717, 1.165) is 44.0 Å². The van der Waals surface area contributed by atoms with E-state index in [1.807, 2.05) is 60.7 Å². The summed E-state index contributed by atoms with van der Waals surface area (Å²) in [5.41, 5.74) is -0.511. The Bertz CT molecular complexity index is 1220. The normalized spacial score (nSPS) is 29.4. The van der Waals surface area contributed by atoms with Crippen molar-refractivity contribution >= 4 is 11.6 Å². The molecule has 2 N–H and O–H groups in total. The zero-order valence-electron chi connectivity index (χ0n) is 20.0. The third kappa shape index (κ3) is 3.71. The molecule has 3 aromatic carbocycles. The van der Waals surface area contributed by atoms with E-state index in [1.165, 1.54) is 0 Å². The number of fused-ring (bicyclic) bond motifs is 3. The molecule has 3 aliphatic rings. The van der Waals surface area contributed by atoms with Crippen LogP contribution in [0.5, 0.6) is 11.5 Å². The van der Waals surface area contributed by atoms with Crippen molar-refractivity contribution in [3.63, 3.8) is 0 Å². The Morgan fingerprint density at radius 1 is 1.00 bits per heavy atom. The van der Waals surface area contributed by atoms with Crippen molar-refractivity contribution < 1.29 is 24.4 Å². The van der Waals surface area contributed by atoms with Crippen LogP contribution in [0, 0.1) is 0 Å². The fourth-order valence-electron chi connectivity index (χ4n) is 6.12. The van der Waals surface area contributed by atoms with Crippen molar-refractivity contribution in [1.29, 1.82) is 0 Å². The minimum absolute atomic E-state index is 0.280. The Labute approximate surface area is 216 Å². The molecule has 1 saturated heterocycles. The highest BCUT2D eigenvalue weighted by atomic mass is 35.5. The molecule has 36 heavy (non-hydrogen) atoms. The number of morpholine rings is 1. The quantitative estimate of drug-likeness (QED) is 0.524. The van der Waals surface area contributed by atoms with Crippen molar-refractivity contribution in [1.82, 2.24) is 4.90 Å². The summed E-state index contributed by atoms with van der Waals surface area (Å²) in [6.45, 7) is 4.68. The zero-order valence-corrected chi connectivity index (χ0v) is 20.7. The largest absolute Gasteiger partial charge is 0.492 e. The van der Waals surface area contributed by atoms with Gasteiger partial charge in [-0.15, -0.1) is 0 Å². The number of halogens is 1. The smallest absolute Gasteiger partial charge is 0.176 e. The van der Waals surface area contributed by atoms with E-state index in [0.29, 0.717) is 35.1 Å². The number of nitrogens with zero attached hydrogens (tertiary/aromatic N) is 1. The number of rotatable bonds is 6. The molecule has 2 fully saturated rings. The first kappa shape index (κ1) is 23.8. The first-order valence-electron chi connectivity index (χ1n) is 12.5. The molecule has 0 radical (unpaired) electrons. The van der Waals surface area contributed by atoms with Crippen LogP contribution in [0.4, 0.5) is 0 Å². The van der Waals surface area contributed by atoms with E-state index in [-0.39, 0.29) is 5.92 Å². The van der Waals surface area contributed by atoms with Crippen molar-refractivity contribution in [2.75, 3.05) is 39.5 Å². The topological polar surface area (TPSA) is 71.4 Å². The molecule has 6 rings (SSSR count). The third-order valence-corrected chi connectivity index (χ3v) is 8.14. The summed E-state index contributed by atoms with van der Waals surface area (Å²) in [7, 11) is 0. The maximum atomic E-state index is 12.3. The number of benzene rings is 3. The van der Waals surface area contributed by atoms with Gasteiger partial charge in [0.25, 0.3) is 0 Å². The fraction of sp³-hybridized carbons (Fsp3) is 0.379. The molecule has 0 aromatic heterocycles. The molecule has 4 atom stereocenters. The van der Waals surface area contributed by atoms with Gasteiger partial charge in [0.1, 0.15) is 18.1 Å². The molecule has 2 aliphatic heterocycles. The van der Waals surface area contributed by atoms with E-state index in [2.05, 4.69) is 4.90 Å². The average Bonchev–Trinajstić information content (AvgIpc) is 3.30. The van der Waals surface area contributed by atoms with E-state index in [4.69, 9.17) is 25.8 Å². The monoisotopic (exact) mass is 507 g/mol. The number of aliphatic hydroxyl groups excluding tert-OH is 1. The van der Waals surface area contributed by atoms with Crippen LogP contribution in [-0.2, 0) is 15.9 Å². The van der Waals surface area contributed by atoms with Crippen LogP contribution in [-0.4, -0.2) is 60.7 Å². The number of hydrogen-bond acceptors (Lipinski definition) is 6. The summed E-state index contributed by atoms with van der Waals surface area (Å²) in [5.74, 6) is 0.913. The van der Waals surface area contributed by atoms with Crippen LogP contribution in [0.2, 0.25) is 5.02 Å². The van der Waals surface area contributed by atoms with Gasteiger partial charge in [0.05, 0.1) is 19.3 Å². The summed E-state index contributed by atoms with van der Waals surface area (Å²) in [5, 5.41) is 24.3. The zero-order chi connectivity index (χ0) is 24.8. The van der Waals surface area contributed by atoms with Crippen LogP contribution in [0.1, 0.15) is 29.0 Å². The van der Waals surface area contributed by atoms with Crippen LogP contribution < -0.4 is 9.47 Å². The Morgan fingerprint density at radius 2 is 1.75 bits per heavy atom. The lowest BCUT2D eigenvalue weighted by molar-refractivity contribution is -0.149. The van der Waals surface area contributed by atoms with E-state index >= 15 is 0 Å². The van der Waals surface area contributed by atoms with E-state index < -0.39 is 17.3 Å². The fourth-order valence-corrected chi connectivity index (χ4v) is 6.24. The molecular weight excluding hydrogens is 478 g/mol. The molecule has 0 unspecified atom stereocenters. The van der Waals surface area contributed by atoms with Crippen LogP contribution in [0.25, 0.3) is 0 Å². The van der Waals surface area contributed by atoms with Gasteiger partial charge in [-0.25, -0.2) is 0 Å². The van der Waals surface area contributed by atoms with Crippen molar-refractivity contribution in [2.45, 2.75) is 29.6 Å². The molecule has 0 bridgehead atoms. The standard InChI is InChI=1S/C29H30ClNO5/c30-22-8-6-21(7-9-22)29-25(20-4-2-1-3-5-20)19-27(32)28(29,33)24-11-10-23(18-26(24)36-29)35-17-14-31-12-15-34-16-13-31/h1-11,18,25,27,32-33H,12-17,19H2/t25-,27-,28-,29-/m0/s1. The predicted molar refractivity (Wildman–Crippen MR) is 137 cm³/mol. The first-order chi connectivity index (χ1) is 17.5. The minimum Gasteiger partial charge on any atom is -0.492 e. The van der Waals surface area contributed by atoms with Crippen LogP contribution in [0.15, 0.2) is 72.8 Å². The SMILES string of the molecule is O[C@H]1C[C@@H](c2ccccc2)[C@]2(c3ccc(Cl)cc3)Oc3cc(OCCN4CCOCC4)ccc3[C@]12O. The van der Waals surface area contributed by atoms with Crippen molar-refractivity contribution in [3.8, 4) is 11.5 Å².